The van der Waals surface area contributed by atoms with Crippen LogP contribution in [-0.2, 0) is 27.2 Å². The maximum absolute atomic E-state index is 14.7. The summed E-state index contributed by atoms with van der Waals surface area (Å²) >= 11 is 0. The molecule has 246 valence electrons. The molecule has 0 radical (unpaired) electrons. The fourth-order valence-electron chi connectivity index (χ4n) is 7.80. The number of rotatable bonds is 10. The summed E-state index contributed by atoms with van der Waals surface area (Å²) in [7, 11) is 0. The first kappa shape index (κ1) is 33.5. The van der Waals surface area contributed by atoms with E-state index in [2.05, 4.69) is 19.9 Å². The summed E-state index contributed by atoms with van der Waals surface area (Å²) in [4.78, 5) is 40.6. The average molecular weight is 631 g/mol. The molecule has 8 nitrogen and oxygen atoms in total. The second-order valence-electron chi connectivity index (χ2n) is 14.4. The highest BCUT2D eigenvalue weighted by atomic mass is 16.6. The standard InChI is InChI=1S/C38H46O8/c1-20(2)10-9-11-22(5)13-15-25-30(39)26(14-12-21(3)4)33-29(31(25)40)32(41)27-18-24-19-28-36(7,8)46-37(34(24)42,38(27,28)45-33)17-16-23(6)35(43)44/h10,12-13,16,18,24,28,39-40H,9,11,14-15,17,19H2,1-8H3,(H,43,44)/t24-,28+,37+,38-/m0/s1. The highest BCUT2D eigenvalue weighted by molar-refractivity contribution is 6.18. The molecule has 2 aliphatic heterocycles. The number of hydrogen-bond donors (Lipinski definition) is 3. The van der Waals surface area contributed by atoms with E-state index < -0.39 is 40.4 Å². The number of benzene rings is 1. The second kappa shape index (κ2) is 11.7. The minimum Gasteiger partial charge on any atom is -0.507 e. The minimum absolute atomic E-state index is 0.0259. The Labute approximate surface area is 271 Å². The topological polar surface area (TPSA) is 130 Å². The van der Waals surface area contributed by atoms with Gasteiger partial charge in [-0.15, -0.1) is 0 Å². The number of allylic oxidation sites excluding steroid dienone is 7. The fraction of sp³-hybridized carbons (Fsp3) is 0.500. The number of aliphatic carboxylic acids is 1. The van der Waals surface area contributed by atoms with Crippen molar-refractivity contribution in [3.63, 3.8) is 0 Å². The molecule has 0 aromatic heterocycles. The van der Waals surface area contributed by atoms with E-state index in [4.69, 9.17) is 9.47 Å². The van der Waals surface area contributed by atoms with Crippen LogP contribution in [0.2, 0.25) is 0 Å². The largest absolute Gasteiger partial charge is 0.507 e. The molecule has 8 heteroatoms. The number of carbonyl (C=O) groups is 3. The first-order valence-electron chi connectivity index (χ1n) is 16.1. The van der Waals surface area contributed by atoms with Crippen LogP contribution in [0.15, 0.2) is 58.2 Å². The number of phenolic OH excluding ortho intramolecular Hbond substituents is 2. The molecule has 2 fully saturated rings. The summed E-state index contributed by atoms with van der Waals surface area (Å²) < 4.78 is 13.6. The number of carboxylic acid groups (broad SMARTS) is 1. The Kier molecular flexibility index (Phi) is 8.52. The smallest absolute Gasteiger partial charge is 0.330 e. The normalized spacial score (nSPS) is 27.4. The van der Waals surface area contributed by atoms with E-state index in [9.17, 15) is 29.7 Å². The van der Waals surface area contributed by atoms with Gasteiger partial charge >= 0.3 is 5.97 Å². The van der Waals surface area contributed by atoms with Gasteiger partial charge in [0.1, 0.15) is 22.8 Å². The molecule has 0 amide bonds. The van der Waals surface area contributed by atoms with Crippen molar-refractivity contribution >= 4 is 17.5 Å². The van der Waals surface area contributed by atoms with E-state index >= 15 is 0 Å². The van der Waals surface area contributed by atoms with Gasteiger partial charge in [-0.3, -0.25) is 9.59 Å². The molecule has 46 heavy (non-hydrogen) atoms. The van der Waals surface area contributed by atoms with Gasteiger partial charge in [0, 0.05) is 40.5 Å². The molecule has 3 N–H and O–H groups in total. The van der Waals surface area contributed by atoms with Gasteiger partial charge in [0.15, 0.2) is 22.8 Å². The van der Waals surface area contributed by atoms with Gasteiger partial charge in [0.05, 0.1) is 5.60 Å². The van der Waals surface area contributed by atoms with Crippen LogP contribution in [0.25, 0.3) is 0 Å². The molecule has 3 aliphatic carbocycles. The lowest BCUT2D eigenvalue weighted by Crippen LogP contribution is -2.72. The van der Waals surface area contributed by atoms with Gasteiger partial charge in [0.25, 0.3) is 0 Å². The number of fused-ring (bicyclic) bond motifs is 1. The minimum atomic E-state index is -1.67. The van der Waals surface area contributed by atoms with Gasteiger partial charge in [0.2, 0.25) is 0 Å². The molecule has 4 atom stereocenters. The third kappa shape index (κ3) is 5.05. The lowest BCUT2D eigenvalue weighted by Gasteiger charge is -2.56. The SMILES string of the molecule is CC(C)=CCCC(C)=CCc1c(O)c(CC=C(C)C)c2c(c1O)C(=O)C1=C[C@H]3C[C@@H]4C(C)(C)O[C@](CC=C(C)C(=O)O)(C3=O)[C@]14O2. The van der Waals surface area contributed by atoms with Crippen molar-refractivity contribution in [1.82, 2.24) is 0 Å². The van der Waals surface area contributed by atoms with Crippen molar-refractivity contribution in [3.05, 3.63) is 74.9 Å². The zero-order valence-electron chi connectivity index (χ0n) is 28.2. The zero-order valence-corrected chi connectivity index (χ0v) is 28.2. The number of Topliss-reactive ketones (excluding diaryl/α,β-unsaturated/α-hetero) is 2. The summed E-state index contributed by atoms with van der Waals surface area (Å²) in [6, 6.07) is 0. The van der Waals surface area contributed by atoms with E-state index in [1.165, 1.54) is 18.6 Å². The first-order valence-corrected chi connectivity index (χ1v) is 16.1. The predicted octanol–water partition coefficient (Wildman–Crippen LogP) is 7.27. The number of phenols is 2. The lowest BCUT2D eigenvalue weighted by atomic mass is 9.51. The Balaban J connectivity index is 1.71. The third-order valence-corrected chi connectivity index (χ3v) is 10.2. The maximum Gasteiger partial charge on any atom is 0.330 e. The number of aromatic hydroxyl groups is 2. The van der Waals surface area contributed by atoms with Crippen molar-refractivity contribution in [3.8, 4) is 17.2 Å². The molecule has 1 spiro atoms. The van der Waals surface area contributed by atoms with Crippen LogP contribution in [0.4, 0.5) is 0 Å². The van der Waals surface area contributed by atoms with Crippen LogP contribution >= 0.6 is 0 Å². The van der Waals surface area contributed by atoms with Crippen LogP contribution in [0.5, 0.6) is 17.2 Å². The molecule has 0 unspecified atom stereocenters. The average Bonchev–Trinajstić information content (AvgIpc) is 3.12. The van der Waals surface area contributed by atoms with E-state index in [-0.39, 0.29) is 64.6 Å². The van der Waals surface area contributed by atoms with Gasteiger partial charge < -0.3 is 24.8 Å². The number of ketones is 2. The Hall–Kier alpha value is -3.91. The number of carboxylic acids is 1. The summed E-state index contributed by atoms with van der Waals surface area (Å²) in [5.74, 6) is -3.33. The van der Waals surface area contributed by atoms with Crippen LogP contribution in [-0.4, -0.2) is 49.7 Å². The van der Waals surface area contributed by atoms with Crippen molar-refractivity contribution < 1.29 is 39.2 Å². The molecular weight excluding hydrogens is 584 g/mol. The Morgan fingerprint density at radius 3 is 2.22 bits per heavy atom. The van der Waals surface area contributed by atoms with E-state index in [0.29, 0.717) is 12.0 Å². The van der Waals surface area contributed by atoms with Crippen molar-refractivity contribution in [2.24, 2.45) is 11.8 Å². The zero-order chi connectivity index (χ0) is 33.9. The predicted molar refractivity (Wildman–Crippen MR) is 175 cm³/mol. The number of hydrogen-bond acceptors (Lipinski definition) is 7. The molecule has 1 aromatic carbocycles. The Bertz CT molecular complexity index is 1670. The Morgan fingerprint density at radius 2 is 1.59 bits per heavy atom. The van der Waals surface area contributed by atoms with Crippen LogP contribution in [0.3, 0.4) is 0 Å². The number of carbonyl (C=O) groups excluding carboxylic acids is 2. The molecular formula is C38H46O8. The van der Waals surface area contributed by atoms with E-state index in [0.717, 1.165) is 24.0 Å². The van der Waals surface area contributed by atoms with E-state index in [1.54, 1.807) is 6.08 Å². The molecule has 4 bridgehead atoms. The Morgan fingerprint density at radius 1 is 0.935 bits per heavy atom. The summed E-state index contributed by atoms with van der Waals surface area (Å²) in [6.07, 6.45) is 11.6. The third-order valence-electron chi connectivity index (χ3n) is 10.2. The summed E-state index contributed by atoms with van der Waals surface area (Å²) in [5.41, 5.74) is 0.0623. The molecule has 1 saturated carbocycles. The number of ether oxygens (including phenoxy) is 2. The fourth-order valence-corrected chi connectivity index (χ4v) is 7.80. The molecule has 6 rings (SSSR count). The van der Waals surface area contributed by atoms with Gasteiger partial charge in [-0.2, -0.15) is 0 Å². The van der Waals surface area contributed by atoms with Gasteiger partial charge in [-0.25, -0.2) is 4.79 Å². The first-order chi connectivity index (χ1) is 21.5. The quantitative estimate of drug-likeness (QED) is 0.182. The molecule has 5 aliphatic rings. The summed E-state index contributed by atoms with van der Waals surface area (Å²) in [5, 5.41) is 33.0. The lowest BCUT2D eigenvalue weighted by molar-refractivity contribution is -0.171. The van der Waals surface area contributed by atoms with Crippen LogP contribution in [0, 0.1) is 11.8 Å². The monoisotopic (exact) mass is 630 g/mol. The van der Waals surface area contributed by atoms with Crippen molar-refractivity contribution in [2.45, 2.75) is 111 Å². The molecule has 1 aromatic rings. The van der Waals surface area contributed by atoms with Crippen molar-refractivity contribution in [1.29, 1.82) is 0 Å². The highest BCUT2D eigenvalue weighted by Crippen LogP contribution is 2.68. The molecule has 1 saturated heterocycles. The van der Waals surface area contributed by atoms with Gasteiger partial charge in [-0.1, -0.05) is 47.1 Å². The highest BCUT2D eigenvalue weighted by Gasteiger charge is 2.81. The molecule has 2 heterocycles. The van der Waals surface area contributed by atoms with Crippen LogP contribution < -0.4 is 4.74 Å². The maximum atomic E-state index is 14.7. The second-order valence-corrected chi connectivity index (χ2v) is 14.4. The van der Waals surface area contributed by atoms with Gasteiger partial charge in [-0.05, 0) is 87.5 Å². The van der Waals surface area contributed by atoms with Crippen LogP contribution in [0.1, 0.15) is 103 Å². The summed E-state index contributed by atoms with van der Waals surface area (Å²) in [6.45, 7) is 15.2. The van der Waals surface area contributed by atoms with E-state index in [1.807, 2.05) is 46.8 Å². The van der Waals surface area contributed by atoms with Crippen molar-refractivity contribution in [2.75, 3.05) is 0 Å².